The Morgan fingerprint density at radius 2 is 1.71 bits per heavy atom. The van der Waals surface area contributed by atoms with Gasteiger partial charge in [-0.2, -0.15) is 0 Å². The zero-order valence-corrected chi connectivity index (χ0v) is 15.5. The fraction of sp³-hybridized carbons (Fsp3) is 0.579. The highest BCUT2D eigenvalue weighted by Crippen LogP contribution is 2.23. The van der Waals surface area contributed by atoms with Crippen molar-refractivity contribution in [3.05, 3.63) is 29.3 Å². The van der Waals surface area contributed by atoms with Crippen LogP contribution < -0.4 is 10.2 Å². The second-order valence-electron chi connectivity index (χ2n) is 7.56. The molecule has 0 atom stereocenters. The molecule has 2 rings (SSSR count). The number of amides is 2. The Labute approximate surface area is 145 Å². The number of carbonyl (C=O) groups is 2. The van der Waals surface area contributed by atoms with Crippen molar-refractivity contribution in [2.45, 2.75) is 46.6 Å². The van der Waals surface area contributed by atoms with Crippen molar-refractivity contribution in [2.24, 2.45) is 0 Å². The molecule has 0 spiro atoms. The van der Waals surface area contributed by atoms with Gasteiger partial charge in [0.1, 0.15) is 6.42 Å². The predicted molar refractivity (Wildman–Crippen MR) is 97.2 cm³/mol. The first-order valence-corrected chi connectivity index (χ1v) is 8.57. The lowest BCUT2D eigenvalue weighted by Gasteiger charge is -2.37. The molecule has 5 heteroatoms. The summed E-state index contributed by atoms with van der Waals surface area (Å²) in [5, 5.41) is 2.84. The minimum absolute atomic E-state index is 0.0687. The van der Waals surface area contributed by atoms with Crippen LogP contribution in [0.15, 0.2) is 18.2 Å². The molecule has 0 bridgehead atoms. The molecule has 1 aromatic rings. The number of aryl methyl sites for hydroxylation is 1. The van der Waals surface area contributed by atoms with Crippen molar-refractivity contribution < 1.29 is 9.59 Å². The first-order chi connectivity index (χ1) is 11.2. The zero-order valence-electron chi connectivity index (χ0n) is 15.5. The molecule has 0 radical (unpaired) electrons. The van der Waals surface area contributed by atoms with Crippen LogP contribution >= 0.6 is 0 Å². The molecular weight excluding hydrogens is 302 g/mol. The molecule has 1 heterocycles. The molecule has 2 amide bonds. The Balaban J connectivity index is 1.89. The molecule has 1 aliphatic rings. The first kappa shape index (κ1) is 18.3. The maximum Gasteiger partial charge on any atom is 0.232 e. The van der Waals surface area contributed by atoms with Crippen LogP contribution in [0.5, 0.6) is 0 Å². The number of benzene rings is 1. The lowest BCUT2D eigenvalue weighted by atomic mass is 10.1. The number of hydrogen-bond acceptors (Lipinski definition) is 3. The first-order valence-electron chi connectivity index (χ1n) is 8.57. The number of carbonyl (C=O) groups excluding carboxylic acids is 2. The van der Waals surface area contributed by atoms with E-state index in [-0.39, 0.29) is 23.8 Å². The minimum atomic E-state index is -0.307. The third kappa shape index (κ3) is 4.73. The SMILES string of the molecule is Cc1cccc(N2CCN(C(=O)CC(=O)NC(C)(C)C)CC2)c1C. The molecule has 0 aromatic heterocycles. The van der Waals surface area contributed by atoms with Crippen LogP contribution in [0.3, 0.4) is 0 Å². The zero-order chi connectivity index (χ0) is 17.9. The fourth-order valence-corrected chi connectivity index (χ4v) is 2.99. The standard InChI is InChI=1S/C19H29N3O2/c1-14-7-6-8-16(15(14)2)21-9-11-22(12-10-21)18(24)13-17(23)20-19(3,4)5/h6-8H,9-13H2,1-5H3,(H,20,23). The molecular formula is C19H29N3O2. The topological polar surface area (TPSA) is 52.7 Å². The van der Waals surface area contributed by atoms with Gasteiger partial charge in [-0.15, -0.1) is 0 Å². The lowest BCUT2D eigenvalue weighted by Crippen LogP contribution is -2.50. The largest absolute Gasteiger partial charge is 0.368 e. The van der Waals surface area contributed by atoms with Crippen molar-refractivity contribution in [1.29, 1.82) is 0 Å². The van der Waals surface area contributed by atoms with E-state index in [0.29, 0.717) is 13.1 Å². The number of anilines is 1. The van der Waals surface area contributed by atoms with Gasteiger partial charge in [-0.3, -0.25) is 9.59 Å². The molecule has 1 aromatic carbocycles. The van der Waals surface area contributed by atoms with E-state index in [4.69, 9.17) is 0 Å². The summed E-state index contributed by atoms with van der Waals surface area (Å²) in [5.41, 5.74) is 3.51. The average Bonchev–Trinajstić information content (AvgIpc) is 2.48. The molecule has 0 unspecified atom stereocenters. The van der Waals surface area contributed by atoms with Crippen molar-refractivity contribution in [3.63, 3.8) is 0 Å². The van der Waals surface area contributed by atoms with Crippen LogP contribution in [0.1, 0.15) is 38.3 Å². The number of hydrogen-bond donors (Lipinski definition) is 1. The van der Waals surface area contributed by atoms with Gasteiger partial charge in [-0.05, 0) is 51.8 Å². The van der Waals surface area contributed by atoms with Gasteiger partial charge < -0.3 is 15.1 Å². The summed E-state index contributed by atoms with van der Waals surface area (Å²) < 4.78 is 0. The smallest absolute Gasteiger partial charge is 0.232 e. The van der Waals surface area contributed by atoms with Crippen molar-refractivity contribution in [3.8, 4) is 0 Å². The summed E-state index contributed by atoms with van der Waals surface area (Å²) in [6.45, 7) is 12.9. The summed E-state index contributed by atoms with van der Waals surface area (Å²) in [4.78, 5) is 28.3. The molecule has 1 N–H and O–H groups in total. The van der Waals surface area contributed by atoms with E-state index < -0.39 is 0 Å². The van der Waals surface area contributed by atoms with E-state index in [1.807, 2.05) is 20.8 Å². The van der Waals surface area contributed by atoms with Gasteiger partial charge in [0.15, 0.2) is 0 Å². The molecule has 1 aliphatic heterocycles. The van der Waals surface area contributed by atoms with Gasteiger partial charge in [0, 0.05) is 37.4 Å². The molecule has 5 nitrogen and oxygen atoms in total. The average molecular weight is 331 g/mol. The highest BCUT2D eigenvalue weighted by atomic mass is 16.2. The van der Waals surface area contributed by atoms with E-state index in [1.54, 1.807) is 4.90 Å². The monoisotopic (exact) mass is 331 g/mol. The maximum absolute atomic E-state index is 12.3. The highest BCUT2D eigenvalue weighted by molar-refractivity contribution is 5.97. The van der Waals surface area contributed by atoms with Crippen molar-refractivity contribution in [2.75, 3.05) is 31.1 Å². The molecule has 1 saturated heterocycles. The van der Waals surface area contributed by atoms with E-state index in [9.17, 15) is 9.59 Å². The van der Waals surface area contributed by atoms with Gasteiger partial charge >= 0.3 is 0 Å². The van der Waals surface area contributed by atoms with Crippen LogP contribution in [0.25, 0.3) is 0 Å². The maximum atomic E-state index is 12.3. The Morgan fingerprint density at radius 1 is 1.08 bits per heavy atom. The number of nitrogens with one attached hydrogen (secondary N) is 1. The minimum Gasteiger partial charge on any atom is -0.368 e. The van der Waals surface area contributed by atoms with Crippen LogP contribution in [0, 0.1) is 13.8 Å². The molecule has 24 heavy (non-hydrogen) atoms. The Bertz CT molecular complexity index is 612. The molecule has 1 fully saturated rings. The summed E-state index contributed by atoms with van der Waals surface area (Å²) in [6.07, 6.45) is -0.0687. The van der Waals surface area contributed by atoms with Gasteiger partial charge in [0.05, 0.1) is 0 Å². The second-order valence-corrected chi connectivity index (χ2v) is 7.56. The number of nitrogens with zero attached hydrogens (tertiary/aromatic N) is 2. The van der Waals surface area contributed by atoms with Crippen LogP contribution in [-0.4, -0.2) is 48.4 Å². The molecule has 0 aliphatic carbocycles. The Morgan fingerprint density at radius 3 is 2.29 bits per heavy atom. The highest BCUT2D eigenvalue weighted by Gasteiger charge is 2.24. The third-order valence-corrected chi connectivity index (χ3v) is 4.38. The van der Waals surface area contributed by atoms with E-state index in [1.165, 1.54) is 16.8 Å². The number of piperazine rings is 1. The van der Waals surface area contributed by atoms with E-state index in [0.717, 1.165) is 13.1 Å². The fourth-order valence-electron chi connectivity index (χ4n) is 2.99. The predicted octanol–water partition coefficient (Wildman–Crippen LogP) is 2.26. The number of rotatable bonds is 3. The second kappa shape index (κ2) is 7.24. The van der Waals surface area contributed by atoms with E-state index >= 15 is 0 Å². The van der Waals surface area contributed by atoms with Gasteiger partial charge in [0.25, 0.3) is 0 Å². The summed E-state index contributed by atoms with van der Waals surface area (Å²) in [7, 11) is 0. The van der Waals surface area contributed by atoms with Crippen molar-refractivity contribution in [1.82, 2.24) is 10.2 Å². The molecule has 0 saturated carbocycles. The summed E-state index contributed by atoms with van der Waals surface area (Å²) in [5.74, 6) is -0.290. The normalized spacial score (nSPS) is 15.4. The summed E-state index contributed by atoms with van der Waals surface area (Å²) >= 11 is 0. The van der Waals surface area contributed by atoms with Gasteiger partial charge in [-0.1, -0.05) is 12.1 Å². The van der Waals surface area contributed by atoms with Gasteiger partial charge in [-0.25, -0.2) is 0 Å². The van der Waals surface area contributed by atoms with Gasteiger partial charge in [0.2, 0.25) is 11.8 Å². The van der Waals surface area contributed by atoms with Crippen LogP contribution in [0.2, 0.25) is 0 Å². The Kier molecular flexibility index (Phi) is 5.52. The lowest BCUT2D eigenvalue weighted by molar-refractivity contribution is -0.136. The van der Waals surface area contributed by atoms with Crippen molar-refractivity contribution >= 4 is 17.5 Å². The quantitative estimate of drug-likeness (QED) is 0.865. The van der Waals surface area contributed by atoms with Crippen LogP contribution in [0.4, 0.5) is 5.69 Å². The Hall–Kier alpha value is -2.04. The van der Waals surface area contributed by atoms with Crippen LogP contribution in [-0.2, 0) is 9.59 Å². The molecule has 132 valence electrons. The summed E-state index contributed by atoms with van der Waals surface area (Å²) in [6, 6.07) is 6.33. The third-order valence-electron chi connectivity index (χ3n) is 4.38. The van der Waals surface area contributed by atoms with E-state index in [2.05, 4.69) is 42.3 Å².